The third-order valence-electron chi connectivity index (χ3n) is 6.45. The maximum absolute atomic E-state index is 12.6. The van der Waals surface area contributed by atoms with Gasteiger partial charge in [0.1, 0.15) is 5.78 Å². The Morgan fingerprint density at radius 3 is 1.32 bits per heavy atom. The van der Waals surface area contributed by atoms with E-state index < -0.39 is 17.9 Å². The Kier molecular flexibility index (Phi) is 15.6. The quantitative estimate of drug-likeness (QED) is 0.202. The van der Waals surface area contributed by atoms with Gasteiger partial charge in [0.15, 0.2) is 0 Å². The molecule has 0 aliphatic carbocycles. The highest BCUT2D eigenvalue weighted by atomic mass is 16.4. The summed E-state index contributed by atoms with van der Waals surface area (Å²) >= 11 is 0. The number of carboxylic acid groups (broad SMARTS) is 3. The Morgan fingerprint density at radius 1 is 0.649 bits per heavy atom. The highest BCUT2D eigenvalue weighted by Gasteiger charge is 2.21. The first-order valence-electron chi connectivity index (χ1n) is 12.8. The van der Waals surface area contributed by atoms with Crippen LogP contribution in [0.1, 0.15) is 33.1 Å². The van der Waals surface area contributed by atoms with Crippen LogP contribution in [0.3, 0.4) is 0 Å². The molecule has 0 aromatic heterocycles. The van der Waals surface area contributed by atoms with Crippen molar-refractivity contribution in [2.45, 2.75) is 33.1 Å². The fourth-order valence-electron chi connectivity index (χ4n) is 4.05. The zero-order valence-electron chi connectivity index (χ0n) is 22.1. The highest BCUT2D eigenvalue weighted by molar-refractivity contribution is 5.78. The Hall–Kier alpha value is -2.61. The number of nitrogens with zero attached hydrogens (tertiary/aromatic N) is 4. The summed E-state index contributed by atoms with van der Waals surface area (Å²) in [5, 5.41) is 30.7. The smallest absolute Gasteiger partial charge is 0.317 e. The number of nitrogens with one attached hydrogen (secondary N) is 1. The molecule has 0 aromatic carbocycles. The molecule has 0 bridgehead atoms. The van der Waals surface area contributed by atoms with Crippen LogP contribution in [-0.4, -0.2) is 150 Å². The number of ketones is 1. The van der Waals surface area contributed by atoms with Gasteiger partial charge in [0.05, 0.1) is 26.2 Å². The van der Waals surface area contributed by atoms with Crippen LogP contribution in [0.2, 0.25) is 0 Å². The Labute approximate surface area is 218 Å². The van der Waals surface area contributed by atoms with Gasteiger partial charge in [-0.2, -0.15) is 0 Å². The number of unbranched alkanes of at least 4 members (excludes halogenated alkanes) is 1. The van der Waals surface area contributed by atoms with Crippen molar-refractivity contribution in [3.63, 3.8) is 0 Å². The summed E-state index contributed by atoms with van der Waals surface area (Å²) in [6, 6.07) is 0. The standard InChI is InChI=1S/C24H43N5O8/c1-19(20(2)30)5-3-4-6-25-21(31)15-26-7-9-27(16-22(32)33)11-13-29(18-24(36)37)14-12-28(10-8-26)17-23(34)35/h19H,3-18H2,1-2H3,(H,25,31)(H,32,33)(H,34,35)(H,36,37). The summed E-state index contributed by atoms with van der Waals surface area (Å²) in [6.45, 7) is 6.26. The second kappa shape index (κ2) is 17.8. The van der Waals surface area contributed by atoms with Crippen molar-refractivity contribution >= 4 is 29.6 Å². The molecule has 1 unspecified atom stereocenters. The molecule has 4 N–H and O–H groups in total. The van der Waals surface area contributed by atoms with Gasteiger partial charge in [-0.1, -0.05) is 13.3 Å². The first kappa shape index (κ1) is 32.4. The van der Waals surface area contributed by atoms with Crippen molar-refractivity contribution in [3.8, 4) is 0 Å². The van der Waals surface area contributed by atoms with Crippen molar-refractivity contribution in [1.82, 2.24) is 24.9 Å². The first-order valence-corrected chi connectivity index (χ1v) is 12.8. The van der Waals surface area contributed by atoms with Gasteiger partial charge in [0.2, 0.25) is 5.91 Å². The monoisotopic (exact) mass is 529 g/mol. The molecule has 0 saturated carbocycles. The van der Waals surface area contributed by atoms with Crippen LogP contribution in [-0.2, 0) is 24.0 Å². The van der Waals surface area contributed by atoms with Crippen LogP contribution in [0.4, 0.5) is 0 Å². The summed E-state index contributed by atoms with van der Waals surface area (Å²) in [7, 11) is 0. The fraction of sp³-hybridized carbons (Fsp3) is 0.792. The molecular formula is C24H43N5O8. The number of hydrogen-bond donors (Lipinski definition) is 4. The molecule has 13 nitrogen and oxygen atoms in total. The first-order chi connectivity index (χ1) is 17.5. The molecular weight excluding hydrogens is 486 g/mol. The van der Waals surface area contributed by atoms with Crippen LogP contribution in [0.25, 0.3) is 0 Å². The van der Waals surface area contributed by atoms with Crippen LogP contribution < -0.4 is 5.32 Å². The molecule has 13 heteroatoms. The Morgan fingerprint density at radius 2 is 1.00 bits per heavy atom. The van der Waals surface area contributed by atoms with E-state index in [9.17, 15) is 39.3 Å². The maximum Gasteiger partial charge on any atom is 0.317 e. The second-order valence-corrected chi connectivity index (χ2v) is 9.64. The largest absolute Gasteiger partial charge is 0.480 e. The molecule has 1 aliphatic rings. The molecule has 1 atom stereocenters. The van der Waals surface area contributed by atoms with E-state index in [1.165, 1.54) is 0 Å². The summed E-state index contributed by atoms with van der Waals surface area (Å²) in [4.78, 5) is 64.8. The van der Waals surface area contributed by atoms with Crippen molar-refractivity contribution in [1.29, 1.82) is 0 Å². The third kappa shape index (κ3) is 16.0. The van der Waals surface area contributed by atoms with E-state index >= 15 is 0 Å². The SMILES string of the molecule is CC(=O)C(C)CCCCNC(=O)CN1CCN(CC(=O)O)CCN(CC(=O)O)CCN(CC(=O)O)CC1. The molecule has 1 rings (SSSR count). The number of carbonyl (C=O) groups excluding carboxylic acids is 2. The number of carbonyl (C=O) groups is 5. The van der Waals surface area contributed by atoms with Crippen LogP contribution in [0.15, 0.2) is 0 Å². The summed E-state index contributed by atoms with van der Waals surface area (Å²) in [5.74, 6) is -3.00. The molecule has 1 aliphatic heterocycles. The summed E-state index contributed by atoms with van der Waals surface area (Å²) in [6.07, 6.45) is 2.37. The van der Waals surface area contributed by atoms with E-state index in [1.807, 2.05) is 11.8 Å². The molecule has 0 spiro atoms. The lowest BCUT2D eigenvalue weighted by Crippen LogP contribution is -2.49. The van der Waals surface area contributed by atoms with E-state index in [2.05, 4.69) is 5.32 Å². The number of aliphatic carboxylic acids is 3. The zero-order chi connectivity index (χ0) is 27.8. The normalized spacial score (nSPS) is 18.3. The van der Waals surface area contributed by atoms with Gasteiger partial charge >= 0.3 is 17.9 Å². The van der Waals surface area contributed by atoms with E-state index in [4.69, 9.17) is 0 Å². The number of rotatable bonds is 14. The van der Waals surface area contributed by atoms with E-state index in [0.717, 1.165) is 19.3 Å². The molecule has 0 aromatic rings. The van der Waals surface area contributed by atoms with Gasteiger partial charge in [-0.3, -0.25) is 43.6 Å². The average Bonchev–Trinajstić information content (AvgIpc) is 2.79. The predicted molar refractivity (Wildman–Crippen MR) is 135 cm³/mol. The molecule has 1 saturated heterocycles. The van der Waals surface area contributed by atoms with Crippen molar-refractivity contribution in [2.24, 2.45) is 5.92 Å². The molecule has 0 radical (unpaired) electrons. The van der Waals surface area contributed by atoms with Gasteiger partial charge in [0, 0.05) is 64.8 Å². The van der Waals surface area contributed by atoms with Crippen LogP contribution >= 0.6 is 0 Å². The topological polar surface area (TPSA) is 171 Å². The molecule has 1 heterocycles. The minimum Gasteiger partial charge on any atom is -0.480 e. The predicted octanol–water partition coefficient (Wildman–Crippen LogP) is -1.03. The molecule has 212 valence electrons. The van der Waals surface area contributed by atoms with Gasteiger partial charge in [0.25, 0.3) is 0 Å². The Bertz CT molecular complexity index is 733. The second-order valence-electron chi connectivity index (χ2n) is 9.64. The minimum atomic E-state index is -1.01. The van der Waals surface area contributed by atoms with Crippen molar-refractivity contribution in [3.05, 3.63) is 0 Å². The minimum absolute atomic E-state index is 0.0109. The summed E-state index contributed by atoms with van der Waals surface area (Å²) < 4.78 is 0. The van der Waals surface area contributed by atoms with Crippen molar-refractivity contribution in [2.75, 3.05) is 85.1 Å². The van der Waals surface area contributed by atoms with Crippen LogP contribution in [0.5, 0.6) is 0 Å². The summed E-state index contributed by atoms with van der Waals surface area (Å²) in [5.41, 5.74) is 0. The Balaban J connectivity index is 2.77. The lowest BCUT2D eigenvalue weighted by Gasteiger charge is -2.32. The number of amides is 1. The van der Waals surface area contributed by atoms with Gasteiger partial charge in [-0.15, -0.1) is 0 Å². The maximum atomic E-state index is 12.6. The molecule has 1 amide bonds. The number of carboxylic acids is 3. The van der Waals surface area contributed by atoms with Gasteiger partial charge < -0.3 is 20.6 Å². The third-order valence-corrected chi connectivity index (χ3v) is 6.45. The number of hydrogen-bond acceptors (Lipinski definition) is 9. The van der Waals surface area contributed by atoms with E-state index in [-0.39, 0.29) is 43.8 Å². The lowest BCUT2D eigenvalue weighted by atomic mass is 10.0. The molecule has 1 fully saturated rings. The van der Waals surface area contributed by atoms with Crippen molar-refractivity contribution < 1.29 is 39.3 Å². The lowest BCUT2D eigenvalue weighted by molar-refractivity contribution is -0.140. The van der Waals surface area contributed by atoms with Crippen LogP contribution in [0, 0.1) is 5.92 Å². The molecule has 37 heavy (non-hydrogen) atoms. The van der Waals surface area contributed by atoms with E-state index in [0.29, 0.717) is 58.9 Å². The zero-order valence-corrected chi connectivity index (χ0v) is 22.1. The van der Waals surface area contributed by atoms with Gasteiger partial charge in [-0.25, -0.2) is 0 Å². The van der Waals surface area contributed by atoms with E-state index in [1.54, 1.807) is 21.6 Å². The average molecular weight is 530 g/mol. The van der Waals surface area contributed by atoms with Gasteiger partial charge in [-0.05, 0) is 19.8 Å². The number of Topliss-reactive ketones (excluding diaryl/α,β-unsaturated/α-hetero) is 1. The highest BCUT2D eigenvalue weighted by Crippen LogP contribution is 2.08. The fourth-order valence-corrected chi connectivity index (χ4v) is 4.05.